The molecule has 178 valence electrons. The molecule has 1 aliphatic heterocycles. The van der Waals surface area contributed by atoms with E-state index in [2.05, 4.69) is 28.5 Å². The van der Waals surface area contributed by atoms with Crippen LogP contribution in [0.1, 0.15) is 24.0 Å². The summed E-state index contributed by atoms with van der Waals surface area (Å²) in [4.78, 5) is 19.1. The summed E-state index contributed by atoms with van der Waals surface area (Å²) in [7, 11) is 1.67. The van der Waals surface area contributed by atoms with E-state index in [4.69, 9.17) is 4.74 Å². The number of nitrogens with zero attached hydrogens (tertiary/aromatic N) is 2. The highest BCUT2D eigenvalue weighted by molar-refractivity contribution is 5.98. The van der Waals surface area contributed by atoms with Gasteiger partial charge in [-0.15, -0.1) is 0 Å². The van der Waals surface area contributed by atoms with Crippen molar-refractivity contribution in [2.45, 2.75) is 32.0 Å². The van der Waals surface area contributed by atoms with Crippen molar-refractivity contribution in [3.05, 3.63) is 90.3 Å². The number of anilines is 1. The van der Waals surface area contributed by atoms with E-state index in [9.17, 15) is 9.90 Å². The van der Waals surface area contributed by atoms with Gasteiger partial charge < -0.3 is 20.1 Å². The van der Waals surface area contributed by atoms with Crippen molar-refractivity contribution in [1.82, 2.24) is 10.3 Å². The van der Waals surface area contributed by atoms with Crippen LogP contribution in [-0.2, 0) is 17.8 Å². The highest BCUT2D eigenvalue weighted by atomic mass is 16.5. The standard InChI is InChI=1S/C29H29N3O3/c1-35-24-8-3-6-21(17-24)25-11-10-22(27-19-30-13-12-26(25)27)18-31-28(33)16-20-5-2-7-23(15-20)32-14-4-9-29(32)34/h2-3,5-8,10-13,15,17,19,29,34H,4,9,14,16,18H2,1H3,(H,31,33). The smallest absolute Gasteiger partial charge is 0.224 e. The lowest BCUT2D eigenvalue weighted by Crippen LogP contribution is -2.29. The molecule has 3 aromatic carbocycles. The first-order chi connectivity index (χ1) is 17.1. The molecule has 0 spiro atoms. The van der Waals surface area contributed by atoms with Crippen LogP contribution in [0.2, 0.25) is 0 Å². The molecular formula is C29H29N3O3. The van der Waals surface area contributed by atoms with Gasteiger partial charge in [0.05, 0.1) is 13.5 Å². The number of fused-ring (bicyclic) bond motifs is 1. The highest BCUT2D eigenvalue weighted by Gasteiger charge is 2.22. The van der Waals surface area contributed by atoms with Crippen LogP contribution in [0.15, 0.2) is 79.1 Å². The van der Waals surface area contributed by atoms with E-state index in [1.807, 2.05) is 59.6 Å². The number of amides is 1. The number of aliphatic hydroxyl groups is 1. The Morgan fingerprint density at radius 3 is 2.83 bits per heavy atom. The van der Waals surface area contributed by atoms with Crippen LogP contribution >= 0.6 is 0 Å². The number of benzene rings is 3. The summed E-state index contributed by atoms with van der Waals surface area (Å²) in [5.41, 5.74) is 5.07. The minimum Gasteiger partial charge on any atom is -0.497 e. The molecule has 1 unspecified atom stereocenters. The van der Waals surface area contributed by atoms with Crippen LogP contribution in [0.3, 0.4) is 0 Å². The number of ether oxygens (including phenoxy) is 1. The number of carbonyl (C=O) groups excluding carboxylic acids is 1. The predicted octanol–water partition coefficient (Wildman–Crippen LogP) is 4.69. The van der Waals surface area contributed by atoms with E-state index in [1.54, 1.807) is 13.3 Å². The Bertz CT molecular complexity index is 1350. The summed E-state index contributed by atoms with van der Waals surface area (Å²) in [6.45, 7) is 1.26. The molecular weight excluding hydrogens is 438 g/mol. The Labute approximate surface area is 205 Å². The molecule has 1 saturated heterocycles. The largest absolute Gasteiger partial charge is 0.497 e. The number of hydrogen-bond donors (Lipinski definition) is 2. The third-order valence-corrected chi connectivity index (χ3v) is 6.59. The van der Waals surface area contributed by atoms with Gasteiger partial charge in [-0.1, -0.05) is 36.4 Å². The lowest BCUT2D eigenvalue weighted by Gasteiger charge is -2.23. The number of nitrogens with one attached hydrogen (secondary N) is 1. The molecule has 2 N–H and O–H groups in total. The summed E-state index contributed by atoms with van der Waals surface area (Å²) in [5, 5.41) is 15.3. The molecule has 4 aromatic rings. The van der Waals surface area contributed by atoms with Crippen molar-refractivity contribution in [3.8, 4) is 16.9 Å². The normalized spacial score (nSPS) is 15.4. The van der Waals surface area contributed by atoms with Gasteiger partial charge in [0, 0.05) is 36.6 Å². The number of carbonyl (C=O) groups is 1. The fourth-order valence-electron chi connectivity index (χ4n) is 4.78. The lowest BCUT2D eigenvalue weighted by molar-refractivity contribution is -0.120. The third kappa shape index (κ3) is 4.98. The number of aliphatic hydroxyl groups excluding tert-OH is 1. The van der Waals surface area contributed by atoms with Crippen LogP contribution in [-0.4, -0.2) is 35.9 Å². The molecule has 1 aromatic heterocycles. The quantitative estimate of drug-likeness (QED) is 0.413. The van der Waals surface area contributed by atoms with Crippen molar-refractivity contribution in [2.75, 3.05) is 18.6 Å². The SMILES string of the molecule is COc1cccc(-c2ccc(CNC(=O)Cc3cccc(N4CCCC4O)c3)c3cnccc23)c1. The maximum atomic E-state index is 12.8. The number of methoxy groups -OCH3 is 1. The second kappa shape index (κ2) is 10.2. The van der Waals surface area contributed by atoms with E-state index in [1.165, 1.54) is 0 Å². The van der Waals surface area contributed by atoms with E-state index in [0.717, 1.165) is 63.8 Å². The van der Waals surface area contributed by atoms with Gasteiger partial charge >= 0.3 is 0 Å². The van der Waals surface area contributed by atoms with Crippen LogP contribution in [0.25, 0.3) is 21.9 Å². The minimum atomic E-state index is -0.444. The lowest BCUT2D eigenvalue weighted by atomic mass is 9.96. The summed E-state index contributed by atoms with van der Waals surface area (Å²) < 4.78 is 5.39. The Hall–Kier alpha value is -3.90. The first kappa shape index (κ1) is 22.9. The fourth-order valence-corrected chi connectivity index (χ4v) is 4.78. The summed E-state index contributed by atoms with van der Waals surface area (Å²) in [6, 6.07) is 22.0. The number of pyridine rings is 1. The molecule has 1 aliphatic rings. The molecule has 0 saturated carbocycles. The zero-order valence-corrected chi connectivity index (χ0v) is 19.8. The van der Waals surface area contributed by atoms with Gasteiger partial charge in [0.2, 0.25) is 5.91 Å². The molecule has 1 atom stereocenters. The van der Waals surface area contributed by atoms with Crippen molar-refractivity contribution >= 4 is 22.4 Å². The van der Waals surface area contributed by atoms with Crippen LogP contribution < -0.4 is 15.0 Å². The number of rotatable bonds is 7. The van der Waals surface area contributed by atoms with Gasteiger partial charge in [0.25, 0.3) is 0 Å². The molecule has 5 rings (SSSR count). The molecule has 6 heteroatoms. The van der Waals surface area contributed by atoms with Crippen LogP contribution in [0.5, 0.6) is 5.75 Å². The van der Waals surface area contributed by atoms with Crippen LogP contribution in [0, 0.1) is 0 Å². The van der Waals surface area contributed by atoms with Gasteiger partial charge in [-0.2, -0.15) is 0 Å². The molecule has 0 radical (unpaired) electrons. The summed E-state index contributed by atoms with van der Waals surface area (Å²) >= 11 is 0. The molecule has 35 heavy (non-hydrogen) atoms. The van der Waals surface area contributed by atoms with E-state index >= 15 is 0 Å². The van der Waals surface area contributed by atoms with E-state index in [0.29, 0.717) is 6.54 Å². The zero-order chi connectivity index (χ0) is 24.2. The van der Waals surface area contributed by atoms with Gasteiger partial charge in [-0.25, -0.2) is 0 Å². The summed E-state index contributed by atoms with van der Waals surface area (Å²) in [5.74, 6) is 0.766. The number of hydrogen-bond acceptors (Lipinski definition) is 5. The van der Waals surface area contributed by atoms with Crippen molar-refractivity contribution in [3.63, 3.8) is 0 Å². The third-order valence-electron chi connectivity index (χ3n) is 6.59. The highest BCUT2D eigenvalue weighted by Crippen LogP contribution is 2.32. The Morgan fingerprint density at radius 1 is 1.11 bits per heavy atom. The van der Waals surface area contributed by atoms with Crippen molar-refractivity contribution in [1.29, 1.82) is 0 Å². The minimum absolute atomic E-state index is 0.0435. The average molecular weight is 468 g/mol. The van der Waals surface area contributed by atoms with Gasteiger partial charge in [0.15, 0.2) is 0 Å². The van der Waals surface area contributed by atoms with Gasteiger partial charge in [-0.05, 0) is 70.8 Å². The number of aromatic nitrogens is 1. The molecule has 1 amide bonds. The van der Waals surface area contributed by atoms with Gasteiger partial charge in [0.1, 0.15) is 12.0 Å². The maximum Gasteiger partial charge on any atom is 0.224 e. The molecule has 0 bridgehead atoms. The summed E-state index contributed by atoms with van der Waals surface area (Å²) in [6.07, 6.45) is 5.25. The topological polar surface area (TPSA) is 74.7 Å². The Morgan fingerprint density at radius 2 is 2.00 bits per heavy atom. The Balaban J connectivity index is 1.31. The average Bonchev–Trinajstić information content (AvgIpc) is 3.33. The first-order valence-electron chi connectivity index (χ1n) is 11.9. The van der Waals surface area contributed by atoms with Crippen LogP contribution in [0.4, 0.5) is 5.69 Å². The van der Waals surface area contributed by atoms with E-state index < -0.39 is 6.23 Å². The van der Waals surface area contributed by atoms with Crippen molar-refractivity contribution in [2.24, 2.45) is 0 Å². The molecule has 6 nitrogen and oxygen atoms in total. The second-order valence-corrected chi connectivity index (χ2v) is 8.87. The Kier molecular flexibility index (Phi) is 6.64. The van der Waals surface area contributed by atoms with Crippen molar-refractivity contribution < 1.29 is 14.6 Å². The second-order valence-electron chi connectivity index (χ2n) is 8.87. The molecule has 1 fully saturated rings. The first-order valence-corrected chi connectivity index (χ1v) is 11.9. The molecule has 2 heterocycles. The molecule has 0 aliphatic carbocycles. The predicted molar refractivity (Wildman–Crippen MR) is 138 cm³/mol. The van der Waals surface area contributed by atoms with Gasteiger partial charge in [-0.3, -0.25) is 9.78 Å². The maximum absolute atomic E-state index is 12.8. The van der Waals surface area contributed by atoms with E-state index in [-0.39, 0.29) is 12.3 Å². The fraction of sp³-hybridized carbons (Fsp3) is 0.241. The zero-order valence-electron chi connectivity index (χ0n) is 19.8. The monoisotopic (exact) mass is 467 g/mol.